The van der Waals surface area contributed by atoms with Crippen LogP contribution in [0.15, 0.2) is 196 Å². The number of aromatic nitrogens is 12. The summed E-state index contributed by atoms with van der Waals surface area (Å²) in [5.41, 5.74) is 13.1. The molecule has 20 rings (SSSR count). The Kier molecular flexibility index (Phi) is 25.5. The van der Waals surface area contributed by atoms with E-state index in [4.69, 9.17) is 28.0 Å². The number of para-hydroxylation sites is 3. The molecule has 5 aliphatic rings. The maximum Gasteiger partial charge on any atom is 0.301 e. The second-order valence-electron chi connectivity index (χ2n) is 32.5. The number of aromatic amines is 3. The van der Waals surface area contributed by atoms with Crippen molar-refractivity contribution in [1.82, 2.24) is 84.5 Å². The number of pyridine rings is 1. The third-order valence-corrected chi connectivity index (χ3v) is 23.1. The lowest BCUT2D eigenvalue weighted by Gasteiger charge is -2.36. The first-order valence-electron chi connectivity index (χ1n) is 42.3. The molecule has 1 aliphatic carbocycles. The molecule has 0 bridgehead atoms. The highest BCUT2D eigenvalue weighted by molar-refractivity contribution is 6.03. The van der Waals surface area contributed by atoms with E-state index in [0.717, 1.165) is 153 Å². The molecule has 636 valence electrons. The lowest BCUT2D eigenvalue weighted by Crippen LogP contribution is -2.48. The summed E-state index contributed by atoms with van der Waals surface area (Å²) < 4.78 is 58.2. The van der Waals surface area contributed by atoms with Crippen LogP contribution in [0.1, 0.15) is 63.1 Å². The van der Waals surface area contributed by atoms with Gasteiger partial charge in [0.1, 0.15) is 11.6 Å². The van der Waals surface area contributed by atoms with Gasteiger partial charge in [-0.05, 0) is 156 Å². The van der Waals surface area contributed by atoms with Gasteiger partial charge in [-0.3, -0.25) is 29.1 Å². The minimum Gasteiger partial charge on any atom is -0.440 e. The van der Waals surface area contributed by atoms with Crippen LogP contribution in [0.25, 0.3) is 116 Å². The van der Waals surface area contributed by atoms with E-state index in [1.54, 1.807) is 30.3 Å². The van der Waals surface area contributed by atoms with E-state index in [9.17, 15) is 18.4 Å². The Morgan fingerprint density at radius 1 is 0.553 bits per heavy atom. The average Bonchev–Trinajstić information content (AvgIpc) is 1.73. The first-order chi connectivity index (χ1) is 60.0. The summed E-state index contributed by atoms with van der Waals surface area (Å²) in [4.78, 5) is 78.4. The molecule has 28 nitrogen and oxygen atoms in total. The smallest absolute Gasteiger partial charge is 0.301 e. The number of oxazole rings is 1. The van der Waals surface area contributed by atoms with Gasteiger partial charge in [0.2, 0.25) is 29.6 Å². The van der Waals surface area contributed by atoms with Gasteiger partial charge in [-0.2, -0.15) is 25.0 Å². The molecule has 123 heavy (non-hydrogen) atoms. The minimum absolute atomic E-state index is 0.0195. The Morgan fingerprint density at radius 3 is 1.90 bits per heavy atom. The van der Waals surface area contributed by atoms with E-state index >= 15 is 0 Å². The quantitative estimate of drug-likeness (QED) is 0.0503. The van der Waals surface area contributed by atoms with Crippen LogP contribution >= 0.6 is 0 Å². The van der Waals surface area contributed by atoms with Crippen LogP contribution in [0.2, 0.25) is 0 Å². The number of fused-ring (bicyclic) bond motifs is 6. The molecule has 4 aliphatic heterocycles. The molecule has 0 atom stereocenters. The molecule has 1 amide bonds. The van der Waals surface area contributed by atoms with Crippen LogP contribution in [0.3, 0.4) is 0 Å². The summed E-state index contributed by atoms with van der Waals surface area (Å²) >= 11 is 0. The van der Waals surface area contributed by atoms with Crippen molar-refractivity contribution < 1.29 is 36.6 Å². The van der Waals surface area contributed by atoms with E-state index in [-0.39, 0.29) is 29.5 Å². The van der Waals surface area contributed by atoms with Gasteiger partial charge in [-0.1, -0.05) is 97.1 Å². The molecular formula is C93H103F2N21O7. The number of halogens is 2. The van der Waals surface area contributed by atoms with Crippen LogP contribution in [0, 0.1) is 0 Å². The summed E-state index contributed by atoms with van der Waals surface area (Å²) in [6.07, 6.45) is 8.16. The van der Waals surface area contributed by atoms with Gasteiger partial charge in [-0.15, -0.1) is 0 Å². The molecule has 7 aromatic carbocycles. The van der Waals surface area contributed by atoms with Crippen molar-refractivity contribution in [3.05, 3.63) is 210 Å². The molecule has 8 aromatic heterocycles. The lowest BCUT2D eigenvalue weighted by molar-refractivity contribution is -0.122. The predicted octanol–water partition coefficient (Wildman–Crippen LogP) is 14.3. The Hall–Kier alpha value is -12.4. The fourth-order valence-corrected chi connectivity index (χ4v) is 16.8. The Balaban J connectivity index is 0.000000118. The van der Waals surface area contributed by atoms with Gasteiger partial charge in [0, 0.05) is 152 Å². The molecule has 0 spiro atoms. The highest BCUT2D eigenvalue weighted by Crippen LogP contribution is 2.39. The maximum absolute atomic E-state index is 14.0. The maximum atomic E-state index is 14.0. The number of likely N-dealkylation sites (N-methyl/N-ethyl adjacent to an activating group) is 1. The number of H-pyrrole nitrogens is 3. The third kappa shape index (κ3) is 19.3. The number of alkyl halides is 2. The van der Waals surface area contributed by atoms with Crippen LogP contribution in [-0.4, -0.2) is 243 Å². The van der Waals surface area contributed by atoms with Crippen molar-refractivity contribution in [3.8, 4) is 50.9 Å². The molecule has 0 radical (unpaired) electrons. The second-order valence-corrected chi connectivity index (χ2v) is 32.5. The standard InChI is InChI=1S/C26H28N6O.C25H33F2N9O2.C21H23N3O3.C21H19N3O/c1-17(2)32-10-8-31(9-11-32)16-19-14-28-26(33-19)22-12-18(13-25-23(22)15-29-30-25)20-4-3-5-24-21(20)6-7-27-24;1-34(2)15-20(37)28-16-7-9-17(10-8-16)29-23-31-24(35-11-13-38-14-12-35)33-25(32-23)36-19-6-4-3-5-18(19)30-22(36)21(26)27;1-23(2)14-15-6-8-16(9-7-15)17-4-3-5-18-19(17)27-21(22-20(18)25)24-10-12-26-13-11-24;1-2-5-16-15(4-1)14-20(23-21(16)24-10-12-25-13-11-24)17-6-3-7-19-18(17)8-9-22-19/h3-7,12-15,17,27H,8-11,16H2,1-2H3,(H,29,30);3-6,16-17,21H,7-15H2,1-2H3,(H,28,37)(H,29,31,32,33);3-9H,10-14H2,1-2H3;1-9,14,22H,10-13H2. The first kappa shape index (κ1) is 82.9. The third-order valence-electron chi connectivity index (χ3n) is 23.1. The Morgan fingerprint density at radius 2 is 1.20 bits per heavy atom. The fraction of sp³-hybridized carbons (Fsp3) is 0.355. The molecule has 4 saturated heterocycles. The van der Waals surface area contributed by atoms with Crippen molar-refractivity contribution >= 4 is 95.1 Å². The van der Waals surface area contributed by atoms with Crippen LogP contribution in [-0.2, 0) is 32.1 Å². The molecule has 12 heterocycles. The number of anilines is 4. The lowest BCUT2D eigenvalue weighted by atomic mass is 9.91. The number of hydrogen-bond donors (Lipinski definition) is 5. The van der Waals surface area contributed by atoms with Crippen molar-refractivity contribution in [3.63, 3.8) is 0 Å². The molecule has 5 N–H and O–H groups in total. The minimum atomic E-state index is -2.81. The zero-order chi connectivity index (χ0) is 84.5. The zero-order valence-electron chi connectivity index (χ0n) is 70.2. The summed E-state index contributed by atoms with van der Waals surface area (Å²) in [7, 11) is 7.83. The predicted molar refractivity (Wildman–Crippen MR) is 478 cm³/mol. The van der Waals surface area contributed by atoms with Gasteiger partial charge < -0.3 is 68.1 Å². The number of amides is 1. The number of piperazine rings is 1. The van der Waals surface area contributed by atoms with Crippen LogP contribution in [0.5, 0.6) is 0 Å². The van der Waals surface area contributed by atoms with Crippen molar-refractivity contribution in [1.29, 1.82) is 0 Å². The number of hydrogen-bond acceptors (Lipinski definition) is 23. The summed E-state index contributed by atoms with van der Waals surface area (Å²) in [6.45, 7) is 18.9. The topological polar surface area (TPSA) is 290 Å². The molecule has 15 aromatic rings. The van der Waals surface area contributed by atoms with Crippen molar-refractivity contribution in [2.45, 2.75) is 77.2 Å². The number of nitrogens with one attached hydrogen (secondary N) is 5. The van der Waals surface area contributed by atoms with Crippen molar-refractivity contribution in [2.24, 2.45) is 0 Å². The van der Waals surface area contributed by atoms with Gasteiger partial charge >= 0.3 is 6.01 Å². The second kappa shape index (κ2) is 37.9. The molecule has 1 saturated carbocycles. The first-order valence-corrected chi connectivity index (χ1v) is 42.3. The summed E-state index contributed by atoms with van der Waals surface area (Å²) in [6, 6.07) is 54.0. The molecule has 30 heteroatoms. The Bertz CT molecular complexity index is 6190. The van der Waals surface area contributed by atoms with Gasteiger partial charge in [0.05, 0.1) is 92.8 Å². The molecular weight excluding hydrogens is 1560 g/mol. The number of ether oxygens (including phenoxy) is 3. The van der Waals surface area contributed by atoms with E-state index in [2.05, 4.69) is 209 Å². The normalized spacial score (nSPS) is 16.9. The highest BCUT2D eigenvalue weighted by Gasteiger charge is 2.30. The summed E-state index contributed by atoms with van der Waals surface area (Å²) in [5.74, 6) is 3.04. The van der Waals surface area contributed by atoms with Gasteiger partial charge in [0.25, 0.3) is 12.0 Å². The van der Waals surface area contributed by atoms with Crippen molar-refractivity contribution in [2.75, 3.05) is 160 Å². The number of benzene rings is 7. The van der Waals surface area contributed by atoms with Gasteiger partial charge in [0.15, 0.2) is 11.4 Å². The molecule has 0 unspecified atom stereocenters. The van der Waals surface area contributed by atoms with E-state index in [1.807, 2.05) is 79.8 Å². The Labute approximate surface area is 710 Å². The molecule has 5 fully saturated rings. The highest BCUT2D eigenvalue weighted by atomic mass is 19.3. The van der Waals surface area contributed by atoms with Crippen LogP contribution in [0.4, 0.5) is 32.5 Å². The van der Waals surface area contributed by atoms with Crippen LogP contribution < -0.4 is 30.9 Å². The number of morpholine rings is 3. The van der Waals surface area contributed by atoms with Gasteiger partial charge in [-0.25, -0.2) is 23.7 Å². The van der Waals surface area contributed by atoms with E-state index < -0.39 is 12.2 Å². The van der Waals surface area contributed by atoms with E-state index in [0.29, 0.717) is 111 Å². The number of imidazole rings is 1. The number of nitrogens with zero attached hydrogens (tertiary/aromatic N) is 16. The average molecular weight is 1660 g/mol. The van der Waals surface area contributed by atoms with E-state index in [1.165, 1.54) is 42.8 Å². The monoisotopic (exact) mass is 1660 g/mol. The fourth-order valence-electron chi connectivity index (χ4n) is 16.8. The largest absolute Gasteiger partial charge is 0.440 e. The summed E-state index contributed by atoms with van der Waals surface area (Å²) in [5, 5.41) is 20.3. The number of carbonyl (C=O) groups excluding carboxylic acids is 1. The SMILES string of the molecule is CC(C)N1CCN(Cc2cnc(-c3cc(-c4cccc5[nH]ccc45)cc4[nH]ncc34)o2)CC1.CN(C)CC(=O)NC1CCC(Nc2nc(N3CCOCC3)nc(-n3c(C(F)F)nc4ccccc43)n2)CC1.CN(C)Cc1ccc(-c2cccc3c(=O)nc(N4CCOCC4)oc23)cc1.c1ccc2c(N3CCOCC3)nc(-c3cccc4[nH]ccc34)cc2c1. The zero-order valence-corrected chi connectivity index (χ0v) is 70.2. The number of rotatable bonds is 19. The number of carbonyl (C=O) groups is 1.